The van der Waals surface area contributed by atoms with Crippen molar-refractivity contribution in [2.75, 3.05) is 7.11 Å². The van der Waals surface area contributed by atoms with Crippen LogP contribution >= 0.6 is 11.8 Å². The van der Waals surface area contributed by atoms with E-state index < -0.39 is 0 Å². The maximum absolute atomic E-state index is 11.4. The molecule has 0 aliphatic rings. The van der Waals surface area contributed by atoms with E-state index in [0.29, 0.717) is 22.4 Å². The number of benzene rings is 2. The van der Waals surface area contributed by atoms with Crippen molar-refractivity contribution in [2.24, 2.45) is 0 Å². The fraction of sp³-hybridized carbons (Fsp3) is 0.118. The van der Waals surface area contributed by atoms with Crippen LogP contribution in [0.4, 0.5) is 0 Å². The van der Waals surface area contributed by atoms with Gasteiger partial charge in [0.15, 0.2) is 0 Å². The summed E-state index contributed by atoms with van der Waals surface area (Å²) < 4.78 is 19.1. The van der Waals surface area contributed by atoms with Gasteiger partial charge < -0.3 is 4.74 Å². The summed E-state index contributed by atoms with van der Waals surface area (Å²) in [5.41, 5.74) is 4.19. The molecule has 0 saturated heterocycles. The molecule has 9 heteroatoms. The Kier molecular flexibility index (Phi) is 4.83. The van der Waals surface area contributed by atoms with Crippen LogP contribution in [0.3, 0.4) is 0 Å². The van der Waals surface area contributed by atoms with Crippen molar-refractivity contribution in [1.29, 1.82) is 0 Å². The molecule has 0 saturated carbocycles. The van der Waals surface area contributed by atoms with E-state index in [2.05, 4.69) is 22.9 Å². The van der Waals surface area contributed by atoms with E-state index in [1.807, 2.05) is 30.3 Å². The van der Waals surface area contributed by atoms with Crippen LogP contribution in [0.5, 0.6) is 0 Å². The number of esters is 1. The minimum absolute atomic E-state index is 0.0553. The monoisotopic (exact) mass is 432 g/mol. The quantitative estimate of drug-likeness (QED) is 0.271. The first kappa shape index (κ1) is 17.0. The number of carbonyl (C=O) groups excluding carboxylic acids is 1. The van der Waals surface area contributed by atoms with Crippen LogP contribution < -0.4 is 0 Å². The Morgan fingerprint density at radius 2 is 1.92 bits per heavy atom. The summed E-state index contributed by atoms with van der Waals surface area (Å²) in [5, 5.41) is 8.68. The summed E-state index contributed by atoms with van der Waals surface area (Å²) in [6.07, 6.45) is 0. The fourth-order valence-electron chi connectivity index (χ4n) is 2.30. The summed E-state index contributed by atoms with van der Waals surface area (Å²) in [6.45, 7) is 0. The third kappa shape index (κ3) is 3.55. The number of nitrogens with zero attached hydrogens (tertiary/aromatic N) is 4. The van der Waals surface area contributed by atoms with Crippen molar-refractivity contribution >= 4 is 43.7 Å². The number of hydrogen-bond acceptors (Lipinski definition) is 8. The molecule has 0 atom stereocenters. The number of thioether (sulfide) groups is 1. The fourth-order valence-corrected chi connectivity index (χ4v) is 4.10. The average molecular weight is 431 g/mol. The third-order valence-corrected chi connectivity index (χ3v) is 5.70. The predicted molar refractivity (Wildman–Crippen MR) is 97.1 cm³/mol. The van der Waals surface area contributed by atoms with E-state index in [1.54, 1.807) is 12.1 Å². The number of rotatable bonds is 5. The first-order chi connectivity index (χ1) is 12.7. The molecule has 26 heavy (non-hydrogen) atoms. The van der Waals surface area contributed by atoms with Gasteiger partial charge in [0.1, 0.15) is 0 Å². The molecule has 4 rings (SSSR count). The van der Waals surface area contributed by atoms with Crippen LogP contribution in [0, 0.1) is 0 Å². The van der Waals surface area contributed by atoms with Gasteiger partial charge in [-0.05, 0) is 0 Å². The normalized spacial score (nSPS) is 11.0. The second kappa shape index (κ2) is 7.41. The molecule has 0 N–H and O–H groups in total. The Morgan fingerprint density at radius 3 is 2.73 bits per heavy atom. The zero-order valence-corrected chi connectivity index (χ0v) is 16.1. The number of fused-ring (bicyclic) bond motifs is 1. The summed E-state index contributed by atoms with van der Waals surface area (Å²) in [5.74, 6) is 0.774. The standard InChI is InChI=1S/C17H12N4O3SSe/c1-23-16(22)11-4-2-10(3-5-11)9-25-17-19-18-15(24-17)12-6-7-13-14(8-12)21-26-20-13/h2-8H,9H2,1H3. The van der Waals surface area contributed by atoms with Gasteiger partial charge >= 0.3 is 137 Å². The Bertz CT molecular complexity index is 1060. The summed E-state index contributed by atoms with van der Waals surface area (Å²) in [6, 6.07) is 13.0. The van der Waals surface area contributed by atoms with Crippen LogP contribution in [-0.4, -0.2) is 46.2 Å². The molecule has 0 fully saturated rings. The first-order valence-corrected chi connectivity index (χ1v) is 10.1. The van der Waals surface area contributed by atoms with Gasteiger partial charge in [0.2, 0.25) is 0 Å². The molecule has 2 aromatic heterocycles. The Morgan fingerprint density at radius 1 is 1.12 bits per heavy atom. The minimum atomic E-state index is -0.346. The topological polar surface area (TPSA) is 91.0 Å². The Hall–Kier alpha value is -2.48. The average Bonchev–Trinajstić information content (AvgIpc) is 3.34. The van der Waals surface area contributed by atoms with Crippen molar-refractivity contribution in [3.63, 3.8) is 0 Å². The van der Waals surface area contributed by atoms with Crippen molar-refractivity contribution in [2.45, 2.75) is 11.0 Å². The molecule has 0 radical (unpaired) electrons. The number of hydrogen-bond donors (Lipinski definition) is 0. The number of aromatic nitrogens is 4. The molecular weight excluding hydrogens is 419 g/mol. The number of ether oxygens (including phenoxy) is 1. The molecule has 0 bridgehead atoms. The third-order valence-electron chi connectivity index (χ3n) is 3.64. The van der Waals surface area contributed by atoms with Crippen molar-refractivity contribution < 1.29 is 13.9 Å². The molecule has 0 amide bonds. The van der Waals surface area contributed by atoms with Crippen LogP contribution in [0.1, 0.15) is 15.9 Å². The SMILES string of the molecule is COC(=O)c1ccc(CSc2nnc(-c3ccc4n[se]nc4c3)o2)cc1. The van der Waals surface area contributed by atoms with E-state index in [4.69, 9.17) is 4.42 Å². The zero-order valence-electron chi connectivity index (χ0n) is 13.6. The Labute approximate surface area is 159 Å². The summed E-state index contributed by atoms with van der Waals surface area (Å²) >= 11 is 1.38. The molecule has 0 spiro atoms. The van der Waals surface area contributed by atoms with Gasteiger partial charge in [0, 0.05) is 0 Å². The molecule has 0 aliphatic heterocycles. The molecular formula is C17H12N4O3SSe. The molecule has 0 aliphatic carbocycles. The van der Waals surface area contributed by atoms with E-state index >= 15 is 0 Å². The van der Waals surface area contributed by atoms with E-state index in [9.17, 15) is 4.79 Å². The zero-order chi connectivity index (χ0) is 17.9. The van der Waals surface area contributed by atoms with Crippen molar-refractivity contribution in [1.82, 2.24) is 18.2 Å². The van der Waals surface area contributed by atoms with Crippen LogP contribution in [0.25, 0.3) is 22.5 Å². The van der Waals surface area contributed by atoms with Gasteiger partial charge in [-0.1, -0.05) is 0 Å². The molecule has 7 nitrogen and oxygen atoms in total. The molecule has 4 aromatic rings. The van der Waals surface area contributed by atoms with Crippen molar-refractivity contribution in [3.8, 4) is 11.5 Å². The first-order valence-electron chi connectivity index (χ1n) is 7.59. The number of methoxy groups -OCH3 is 1. The van der Waals surface area contributed by atoms with E-state index in [-0.39, 0.29) is 20.9 Å². The predicted octanol–water partition coefficient (Wildman–Crippen LogP) is 2.82. The van der Waals surface area contributed by atoms with E-state index in [0.717, 1.165) is 22.2 Å². The van der Waals surface area contributed by atoms with Gasteiger partial charge in [-0.15, -0.1) is 0 Å². The summed E-state index contributed by atoms with van der Waals surface area (Å²) in [4.78, 5) is 11.4. The second-order valence-corrected chi connectivity index (χ2v) is 7.35. The van der Waals surface area contributed by atoms with Crippen LogP contribution in [0.15, 0.2) is 52.1 Å². The Balaban J connectivity index is 1.44. The molecule has 2 heterocycles. The van der Waals surface area contributed by atoms with Crippen molar-refractivity contribution in [3.05, 3.63) is 53.6 Å². The van der Waals surface area contributed by atoms with Gasteiger partial charge in [0.25, 0.3) is 0 Å². The maximum atomic E-state index is 11.4. The summed E-state index contributed by atoms with van der Waals surface area (Å²) in [7, 11) is 1.37. The second-order valence-electron chi connectivity index (χ2n) is 5.32. The van der Waals surface area contributed by atoms with Crippen LogP contribution in [0.2, 0.25) is 0 Å². The van der Waals surface area contributed by atoms with Gasteiger partial charge in [0.05, 0.1) is 12.7 Å². The van der Waals surface area contributed by atoms with E-state index in [1.165, 1.54) is 18.9 Å². The number of carbonyl (C=O) groups is 1. The van der Waals surface area contributed by atoms with Gasteiger partial charge in [-0.25, -0.2) is 4.79 Å². The molecule has 0 unspecified atom stereocenters. The molecule has 2 aromatic carbocycles. The van der Waals surface area contributed by atoms with Crippen LogP contribution in [-0.2, 0) is 10.5 Å². The molecule has 130 valence electrons. The van der Waals surface area contributed by atoms with Gasteiger partial charge in [-0.3, -0.25) is 0 Å². The van der Waals surface area contributed by atoms with Gasteiger partial charge in [-0.2, -0.15) is 0 Å².